The minimum Gasteiger partial charge on any atom is -0.365 e. The normalized spacial score (nSPS) is 10.6. The summed E-state index contributed by atoms with van der Waals surface area (Å²) in [7, 11) is 0. The first kappa shape index (κ1) is 14.5. The zero-order chi connectivity index (χ0) is 14.4. The van der Waals surface area contributed by atoms with E-state index in [0.29, 0.717) is 18.8 Å². The fourth-order valence-corrected chi connectivity index (χ4v) is 2.27. The first-order valence-electron chi connectivity index (χ1n) is 6.96. The van der Waals surface area contributed by atoms with Crippen molar-refractivity contribution in [3.63, 3.8) is 0 Å². The lowest BCUT2D eigenvalue weighted by Crippen LogP contribution is -2.26. The Labute approximate surface area is 120 Å². The fourth-order valence-electron chi connectivity index (χ4n) is 2.27. The number of para-hydroxylation sites is 1. The van der Waals surface area contributed by atoms with Gasteiger partial charge in [-0.05, 0) is 43.1 Å². The highest BCUT2D eigenvalue weighted by Crippen LogP contribution is 2.22. The van der Waals surface area contributed by atoms with Crippen LogP contribution in [0.15, 0.2) is 48.5 Å². The highest BCUT2D eigenvalue weighted by Gasteiger charge is 2.12. The Bertz CT molecular complexity index is 554. The van der Waals surface area contributed by atoms with Crippen LogP contribution in [0.25, 0.3) is 0 Å². The van der Waals surface area contributed by atoms with Crippen molar-refractivity contribution in [2.24, 2.45) is 5.73 Å². The molecule has 0 spiro atoms. The first-order chi connectivity index (χ1) is 9.72. The van der Waals surface area contributed by atoms with Crippen LogP contribution in [-0.2, 0) is 6.54 Å². The van der Waals surface area contributed by atoms with Crippen LogP contribution in [0.1, 0.15) is 17.5 Å². The van der Waals surface area contributed by atoms with E-state index in [1.165, 1.54) is 17.2 Å². The second-order valence-electron chi connectivity index (χ2n) is 4.94. The van der Waals surface area contributed by atoms with Crippen LogP contribution in [0.5, 0.6) is 0 Å². The average molecular weight is 272 g/mol. The molecule has 0 saturated carbocycles. The molecule has 106 valence electrons. The molecule has 0 amide bonds. The number of hydrogen-bond acceptors (Lipinski definition) is 2. The molecule has 0 aliphatic rings. The molecular weight excluding hydrogens is 251 g/mol. The fraction of sp³-hybridized carbons (Fsp3) is 0.294. The van der Waals surface area contributed by atoms with Crippen molar-refractivity contribution in [2.45, 2.75) is 19.9 Å². The van der Waals surface area contributed by atoms with Crippen molar-refractivity contribution in [3.8, 4) is 0 Å². The van der Waals surface area contributed by atoms with Gasteiger partial charge in [0.1, 0.15) is 5.82 Å². The number of halogens is 1. The number of hydrogen-bond donors (Lipinski definition) is 1. The Hall–Kier alpha value is -1.87. The summed E-state index contributed by atoms with van der Waals surface area (Å²) in [5.41, 5.74) is 8.68. The van der Waals surface area contributed by atoms with Gasteiger partial charge in [0, 0.05) is 13.1 Å². The number of aryl methyl sites for hydroxylation is 1. The third kappa shape index (κ3) is 3.58. The second kappa shape index (κ2) is 7.06. The van der Waals surface area contributed by atoms with Gasteiger partial charge in [-0.25, -0.2) is 4.39 Å². The number of rotatable bonds is 6. The maximum Gasteiger partial charge on any atom is 0.146 e. The van der Waals surface area contributed by atoms with Crippen molar-refractivity contribution < 1.29 is 4.39 Å². The van der Waals surface area contributed by atoms with Crippen LogP contribution in [0, 0.1) is 12.7 Å². The number of nitrogens with two attached hydrogens (primary N) is 1. The number of nitrogens with zero attached hydrogens (tertiary/aromatic N) is 1. The van der Waals surface area contributed by atoms with E-state index in [0.717, 1.165) is 13.0 Å². The van der Waals surface area contributed by atoms with Gasteiger partial charge >= 0.3 is 0 Å². The van der Waals surface area contributed by atoms with Crippen molar-refractivity contribution in [1.29, 1.82) is 0 Å². The molecule has 0 fully saturated rings. The van der Waals surface area contributed by atoms with Crippen molar-refractivity contribution >= 4 is 5.69 Å². The predicted molar refractivity (Wildman–Crippen MR) is 82.3 cm³/mol. The molecule has 2 nitrogen and oxygen atoms in total. The zero-order valence-electron chi connectivity index (χ0n) is 11.8. The molecule has 0 saturated heterocycles. The Kier molecular flexibility index (Phi) is 5.13. The van der Waals surface area contributed by atoms with Gasteiger partial charge in [-0.1, -0.05) is 36.4 Å². The van der Waals surface area contributed by atoms with Gasteiger partial charge in [0.25, 0.3) is 0 Å². The van der Waals surface area contributed by atoms with E-state index < -0.39 is 0 Å². The molecule has 2 rings (SSSR count). The van der Waals surface area contributed by atoms with Crippen LogP contribution in [0.4, 0.5) is 10.1 Å². The molecule has 0 aliphatic heterocycles. The molecule has 3 heteroatoms. The quantitative estimate of drug-likeness (QED) is 0.872. The van der Waals surface area contributed by atoms with Gasteiger partial charge in [0.05, 0.1) is 5.69 Å². The second-order valence-corrected chi connectivity index (χ2v) is 4.94. The van der Waals surface area contributed by atoms with E-state index in [2.05, 4.69) is 24.0 Å². The Morgan fingerprint density at radius 3 is 2.45 bits per heavy atom. The Balaban J connectivity index is 2.24. The van der Waals surface area contributed by atoms with Crippen molar-refractivity contribution in [1.82, 2.24) is 0 Å². The standard InChI is InChI=1S/C17H21FN2/c1-14-7-2-3-8-15(14)13-20(12-6-11-19)17-10-5-4-9-16(17)18/h2-5,7-10H,6,11-13,19H2,1H3. The summed E-state index contributed by atoms with van der Waals surface area (Å²) in [5, 5.41) is 0. The van der Waals surface area contributed by atoms with E-state index in [-0.39, 0.29) is 5.82 Å². The summed E-state index contributed by atoms with van der Waals surface area (Å²) in [5.74, 6) is -0.182. The third-order valence-electron chi connectivity index (χ3n) is 3.45. The summed E-state index contributed by atoms with van der Waals surface area (Å²) in [6.07, 6.45) is 0.847. The molecule has 0 aliphatic carbocycles. The Morgan fingerprint density at radius 2 is 1.75 bits per heavy atom. The molecule has 0 unspecified atom stereocenters. The highest BCUT2D eigenvalue weighted by molar-refractivity contribution is 5.48. The van der Waals surface area contributed by atoms with Gasteiger partial charge in [-0.15, -0.1) is 0 Å². The van der Waals surface area contributed by atoms with E-state index in [9.17, 15) is 4.39 Å². The molecule has 0 aromatic heterocycles. The molecule has 0 bridgehead atoms. The van der Waals surface area contributed by atoms with E-state index in [1.807, 2.05) is 24.3 Å². The topological polar surface area (TPSA) is 29.3 Å². The molecule has 0 atom stereocenters. The predicted octanol–water partition coefficient (Wildman–Crippen LogP) is 3.49. The third-order valence-corrected chi connectivity index (χ3v) is 3.45. The first-order valence-corrected chi connectivity index (χ1v) is 6.96. The molecular formula is C17H21FN2. The minimum atomic E-state index is -0.182. The summed E-state index contributed by atoms with van der Waals surface area (Å²) >= 11 is 0. The molecule has 2 N–H and O–H groups in total. The molecule has 0 heterocycles. The average Bonchev–Trinajstić information content (AvgIpc) is 2.46. The highest BCUT2D eigenvalue weighted by atomic mass is 19.1. The van der Waals surface area contributed by atoms with Gasteiger partial charge < -0.3 is 10.6 Å². The van der Waals surface area contributed by atoms with Crippen LogP contribution >= 0.6 is 0 Å². The maximum atomic E-state index is 14.0. The van der Waals surface area contributed by atoms with Crippen molar-refractivity contribution in [3.05, 3.63) is 65.5 Å². The molecule has 2 aromatic rings. The maximum absolute atomic E-state index is 14.0. The van der Waals surface area contributed by atoms with Crippen LogP contribution < -0.4 is 10.6 Å². The lowest BCUT2D eigenvalue weighted by atomic mass is 10.1. The minimum absolute atomic E-state index is 0.182. The molecule has 0 radical (unpaired) electrons. The monoisotopic (exact) mass is 272 g/mol. The van der Waals surface area contributed by atoms with Gasteiger partial charge in [0.2, 0.25) is 0 Å². The van der Waals surface area contributed by atoms with Gasteiger partial charge in [0.15, 0.2) is 0 Å². The summed E-state index contributed by atoms with van der Waals surface area (Å²) < 4.78 is 14.0. The summed E-state index contributed by atoms with van der Waals surface area (Å²) in [6, 6.07) is 15.1. The number of anilines is 1. The SMILES string of the molecule is Cc1ccccc1CN(CCCN)c1ccccc1F. The van der Waals surface area contributed by atoms with Crippen LogP contribution in [0.2, 0.25) is 0 Å². The zero-order valence-corrected chi connectivity index (χ0v) is 11.8. The largest absolute Gasteiger partial charge is 0.365 e. The Morgan fingerprint density at radius 1 is 1.05 bits per heavy atom. The van der Waals surface area contributed by atoms with E-state index in [4.69, 9.17) is 5.73 Å². The smallest absolute Gasteiger partial charge is 0.146 e. The van der Waals surface area contributed by atoms with Crippen LogP contribution in [0.3, 0.4) is 0 Å². The number of benzene rings is 2. The summed E-state index contributed by atoms with van der Waals surface area (Å²) in [6.45, 7) is 4.15. The lowest BCUT2D eigenvalue weighted by Gasteiger charge is -2.26. The van der Waals surface area contributed by atoms with Gasteiger partial charge in [-0.2, -0.15) is 0 Å². The molecule has 2 aromatic carbocycles. The van der Waals surface area contributed by atoms with E-state index >= 15 is 0 Å². The van der Waals surface area contributed by atoms with Gasteiger partial charge in [-0.3, -0.25) is 0 Å². The molecule has 20 heavy (non-hydrogen) atoms. The lowest BCUT2D eigenvalue weighted by molar-refractivity contribution is 0.612. The van der Waals surface area contributed by atoms with Crippen LogP contribution in [-0.4, -0.2) is 13.1 Å². The van der Waals surface area contributed by atoms with Crippen molar-refractivity contribution in [2.75, 3.05) is 18.0 Å². The summed E-state index contributed by atoms with van der Waals surface area (Å²) in [4.78, 5) is 2.06. The van der Waals surface area contributed by atoms with E-state index in [1.54, 1.807) is 6.07 Å².